The molecule has 0 spiro atoms. The molecule has 0 aromatic heterocycles. The number of primary amides is 1. The summed E-state index contributed by atoms with van der Waals surface area (Å²) in [5.74, 6) is -1.13. The Labute approximate surface area is 168 Å². The topological polar surface area (TPSA) is 111 Å². The Bertz CT molecular complexity index is 865. The van der Waals surface area contributed by atoms with Crippen LogP contribution in [-0.2, 0) is 14.3 Å². The minimum atomic E-state index is -0.801. The van der Waals surface area contributed by atoms with E-state index in [-0.39, 0.29) is 6.42 Å². The molecule has 7 nitrogen and oxygen atoms in total. The van der Waals surface area contributed by atoms with Crippen molar-refractivity contribution >= 4 is 35.2 Å². The van der Waals surface area contributed by atoms with Crippen LogP contribution in [0.1, 0.15) is 29.2 Å². The van der Waals surface area contributed by atoms with Crippen LogP contribution >= 0.6 is 11.6 Å². The number of anilines is 1. The van der Waals surface area contributed by atoms with Crippen LogP contribution in [0.25, 0.3) is 0 Å². The van der Waals surface area contributed by atoms with Gasteiger partial charge in [-0.1, -0.05) is 35.9 Å². The van der Waals surface area contributed by atoms with Crippen molar-refractivity contribution in [2.45, 2.75) is 26.3 Å². The van der Waals surface area contributed by atoms with Gasteiger partial charge in [0, 0.05) is 10.7 Å². The number of rotatable bonds is 7. The third kappa shape index (κ3) is 6.59. The number of ether oxygens (including phenoxy) is 1. The van der Waals surface area contributed by atoms with Gasteiger partial charge in [0.05, 0.1) is 12.5 Å². The average Bonchev–Trinajstić information content (AvgIpc) is 2.58. The normalized spacial score (nSPS) is 11.4. The maximum absolute atomic E-state index is 12.1. The summed E-state index contributed by atoms with van der Waals surface area (Å²) in [5.41, 5.74) is 8.35. The fraction of sp³-hybridized carbons (Fsp3) is 0.250. The first-order valence-corrected chi connectivity index (χ1v) is 8.96. The van der Waals surface area contributed by atoms with Crippen molar-refractivity contribution in [3.8, 4) is 0 Å². The van der Waals surface area contributed by atoms with Gasteiger partial charge in [-0.25, -0.2) is 4.79 Å². The van der Waals surface area contributed by atoms with Crippen LogP contribution in [-0.4, -0.2) is 24.5 Å². The van der Waals surface area contributed by atoms with Crippen LogP contribution in [0.4, 0.5) is 10.5 Å². The number of amides is 3. The Hall–Kier alpha value is -3.06. The highest BCUT2D eigenvalue weighted by Gasteiger charge is 2.21. The second-order valence-corrected chi connectivity index (χ2v) is 6.78. The summed E-state index contributed by atoms with van der Waals surface area (Å²) in [4.78, 5) is 35.4. The molecule has 0 heterocycles. The van der Waals surface area contributed by atoms with Crippen molar-refractivity contribution in [1.82, 2.24) is 5.32 Å². The number of carbonyl (C=O) groups excluding carboxylic acids is 3. The highest BCUT2D eigenvalue weighted by atomic mass is 35.5. The lowest BCUT2D eigenvalue weighted by molar-refractivity contribution is -0.147. The molecular formula is C20H22ClN3O4. The number of aryl methyl sites for hydroxylation is 2. The number of hydrogen-bond acceptors (Lipinski definition) is 4. The van der Waals surface area contributed by atoms with Gasteiger partial charge in [-0.05, 0) is 48.7 Å². The number of carbonyl (C=O) groups is 3. The van der Waals surface area contributed by atoms with Gasteiger partial charge in [0.15, 0.2) is 6.61 Å². The van der Waals surface area contributed by atoms with Crippen LogP contribution in [0.2, 0.25) is 5.02 Å². The molecule has 0 aliphatic heterocycles. The summed E-state index contributed by atoms with van der Waals surface area (Å²) in [6, 6.07) is 10.8. The Kier molecular flexibility index (Phi) is 7.40. The van der Waals surface area contributed by atoms with Crippen molar-refractivity contribution < 1.29 is 19.1 Å². The van der Waals surface area contributed by atoms with Gasteiger partial charge in [0.25, 0.3) is 5.91 Å². The van der Waals surface area contributed by atoms with Gasteiger partial charge >= 0.3 is 12.0 Å². The summed E-state index contributed by atoms with van der Waals surface area (Å²) >= 11 is 6.12. The Morgan fingerprint density at radius 3 is 2.36 bits per heavy atom. The first-order chi connectivity index (χ1) is 13.2. The predicted octanol–water partition coefficient (Wildman–Crippen LogP) is 3.24. The Morgan fingerprint density at radius 2 is 1.75 bits per heavy atom. The molecule has 0 fully saturated rings. The van der Waals surface area contributed by atoms with Crippen LogP contribution in [0, 0.1) is 13.8 Å². The SMILES string of the molecule is Cc1cc(C)cc(NC(=O)COC(=O)C[C@@H](NC(N)=O)c2ccccc2Cl)c1. The molecule has 0 aliphatic rings. The first kappa shape index (κ1) is 21.2. The standard InChI is InChI=1S/C20H22ClN3O4/c1-12-7-13(2)9-14(8-12)23-18(25)11-28-19(26)10-17(24-20(22)27)15-5-3-4-6-16(15)21/h3-9,17H,10-11H2,1-2H3,(H,23,25)(H3,22,24,27)/t17-/m1/s1. The summed E-state index contributed by atoms with van der Waals surface area (Å²) in [6.07, 6.45) is -0.219. The van der Waals surface area contributed by atoms with E-state index in [1.165, 1.54) is 0 Å². The molecule has 8 heteroatoms. The zero-order chi connectivity index (χ0) is 20.7. The summed E-state index contributed by atoms with van der Waals surface area (Å²) in [7, 11) is 0. The predicted molar refractivity (Wildman–Crippen MR) is 107 cm³/mol. The molecule has 28 heavy (non-hydrogen) atoms. The Balaban J connectivity index is 1.94. The summed E-state index contributed by atoms with van der Waals surface area (Å²) in [6.45, 7) is 3.39. The van der Waals surface area contributed by atoms with Crippen molar-refractivity contribution in [3.05, 3.63) is 64.2 Å². The van der Waals surface area contributed by atoms with E-state index < -0.39 is 30.6 Å². The van der Waals surface area contributed by atoms with E-state index in [0.29, 0.717) is 16.3 Å². The second-order valence-electron chi connectivity index (χ2n) is 6.37. The molecule has 3 amide bonds. The molecule has 0 radical (unpaired) electrons. The molecule has 2 rings (SSSR count). The third-order valence-corrected chi connectivity index (χ3v) is 4.18. The molecule has 148 valence electrons. The fourth-order valence-corrected chi connectivity index (χ4v) is 3.05. The largest absolute Gasteiger partial charge is 0.455 e. The van der Waals surface area contributed by atoms with Crippen LogP contribution in [0.5, 0.6) is 0 Å². The third-order valence-electron chi connectivity index (χ3n) is 3.84. The van der Waals surface area contributed by atoms with Crippen molar-refractivity contribution in [2.75, 3.05) is 11.9 Å². The van der Waals surface area contributed by atoms with Gasteiger partial charge < -0.3 is 21.1 Å². The molecule has 2 aromatic carbocycles. The van der Waals surface area contributed by atoms with Gasteiger partial charge in [0.2, 0.25) is 0 Å². The minimum Gasteiger partial charge on any atom is -0.455 e. The summed E-state index contributed by atoms with van der Waals surface area (Å²) in [5, 5.41) is 5.52. The smallest absolute Gasteiger partial charge is 0.312 e. The van der Waals surface area contributed by atoms with E-state index in [1.807, 2.05) is 32.0 Å². The maximum atomic E-state index is 12.1. The van der Waals surface area contributed by atoms with Gasteiger partial charge in [0.1, 0.15) is 0 Å². The minimum absolute atomic E-state index is 0.219. The zero-order valence-corrected chi connectivity index (χ0v) is 16.4. The Morgan fingerprint density at radius 1 is 1.11 bits per heavy atom. The molecule has 0 aliphatic carbocycles. The van der Waals surface area contributed by atoms with Gasteiger partial charge in [-0.3, -0.25) is 9.59 Å². The lowest BCUT2D eigenvalue weighted by Gasteiger charge is -2.18. The number of nitrogens with two attached hydrogens (primary N) is 1. The van der Waals surface area contributed by atoms with E-state index >= 15 is 0 Å². The van der Waals surface area contributed by atoms with Crippen LogP contribution < -0.4 is 16.4 Å². The molecule has 0 bridgehead atoms. The molecule has 2 aromatic rings. The van der Waals surface area contributed by atoms with Gasteiger partial charge in [-0.2, -0.15) is 0 Å². The fourth-order valence-electron chi connectivity index (χ4n) is 2.78. The first-order valence-electron chi connectivity index (χ1n) is 8.58. The number of halogens is 1. The van der Waals surface area contributed by atoms with Crippen molar-refractivity contribution in [2.24, 2.45) is 5.73 Å². The molecule has 0 saturated heterocycles. The second kappa shape index (κ2) is 9.75. The maximum Gasteiger partial charge on any atom is 0.312 e. The van der Waals surface area contributed by atoms with Crippen molar-refractivity contribution in [3.63, 3.8) is 0 Å². The lowest BCUT2D eigenvalue weighted by atomic mass is 10.0. The quantitative estimate of drug-likeness (QED) is 0.616. The van der Waals surface area contributed by atoms with Gasteiger partial charge in [-0.15, -0.1) is 0 Å². The number of urea groups is 1. The number of hydrogen-bond donors (Lipinski definition) is 3. The van der Waals surface area contributed by atoms with Crippen LogP contribution in [0.3, 0.4) is 0 Å². The van der Waals surface area contributed by atoms with E-state index in [2.05, 4.69) is 10.6 Å². The average molecular weight is 404 g/mol. The monoisotopic (exact) mass is 403 g/mol. The van der Waals surface area contributed by atoms with E-state index in [0.717, 1.165) is 11.1 Å². The number of nitrogens with one attached hydrogen (secondary N) is 2. The molecule has 0 unspecified atom stereocenters. The molecule has 4 N–H and O–H groups in total. The van der Waals surface area contributed by atoms with Crippen molar-refractivity contribution in [1.29, 1.82) is 0 Å². The zero-order valence-electron chi connectivity index (χ0n) is 15.6. The van der Waals surface area contributed by atoms with E-state index in [1.54, 1.807) is 24.3 Å². The van der Waals surface area contributed by atoms with E-state index in [9.17, 15) is 14.4 Å². The van der Waals surface area contributed by atoms with E-state index in [4.69, 9.17) is 22.1 Å². The lowest BCUT2D eigenvalue weighted by Crippen LogP contribution is -2.35. The highest BCUT2D eigenvalue weighted by Crippen LogP contribution is 2.25. The molecular weight excluding hydrogens is 382 g/mol. The number of esters is 1. The number of benzene rings is 2. The molecule has 1 atom stereocenters. The highest BCUT2D eigenvalue weighted by molar-refractivity contribution is 6.31. The van der Waals surface area contributed by atoms with Crippen LogP contribution in [0.15, 0.2) is 42.5 Å². The summed E-state index contributed by atoms with van der Waals surface area (Å²) < 4.78 is 5.02. The molecule has 0 saturated carbocycles.